The molecule has 6 nitrogen and oxygen atoms in total. The van der Waals surface area contributed by atoms with E-state index in [0.29, 0.717) is 24.7 Å². The third-order valence-corrected chi connectivity index (χ3v) is 7.52. The summed E-state index contributed by atoms with van der Waals surface area (Å²) < 4.78 is 18.8. The number of phenols is 2. The monoisotopic (exact) mass is 485 g/mol. The molecule has 2 N–H and O–H groups in total. The molecule has 1 fully saturated rings. The molecule has 3 aliphatic rings. The quantitative estimate of drug-likeness (QED) is 0.492. The Morgan fingerprint density at radius 1 is 0.861 bits per heavy atom. The molecule has 1 unspecified atom stereocenters. The third kappa shape index (κ3) is 4.05. The summed E-state index contributed by atoms with van der Waals surface area (Å²) in [5.41, 5.74) is 3.93. The summed E-state index contributed by atoms with van der Waals surface area (Å²) >= 11 is 0. The van der Waals surface area contributed by atoms with Crippen molar-refractivity contribution in [3.8, 4) is 28.7 Å². The number of piperidine rings is 1. The van der Waals surface area contributed by atoms with Crippen molar-refractivity contribution < 1.29 is 24.4 Å². The second kappa shape index (κ2) is 9.10. The van der Waals surface area contributed by atoms with Crippen LogP contribution in [0.4, 0.5) is 0 Å². The lowest BCUT2D eigenvalue weighted by Crippen LogP contribution is -2.37. The molecule has 0 amide bonds. The van der Waals surface area contributed by atoms with Crippen LogP contribution in [0.25, 0.3) is 11.1 Å². The Balaban J connectivity index is 1.33. The average Bonchev–Trinajstić information content (AvgIpc) is 2.89. The highest BCUT2D eigenvalue weighted by Crippen LogP contribution is 2.54. The molecule has 3 heterocycles. The number of nitrogens with zero attached hydrogens (tertiary/aromatic N) is 1. The van der Waals surface area contributed by atoms with Gasteiger partial charge in [0.25, 0.3) is 0 Å². The van der Waals surface area contributed by atoms with Gasteiger partial charge in [-0.1, -0.05) is 18.6 Å². The van der Waals surface area contributed by atoms with Gasteiger partial charge < -0.3 is 24.4 Å². The molecule has 3 aromatic rings. The number of hydrogen-bond donors (Lipinski definition) is 2. The molecule has 3 aromatic carbocycles. The van der Waals surface area contributed by atoms with Crippen LogP contribution in [-0.2, 0) is 5.60 Å². The molecular formula is C30H31NO5. The van der Waals surface area contributed by atoms with Crippen LogP contribution in [-0.4, -0.2) is 48.0 Å². The number of fused-ring (bicyclic) bond motifs is 4. The summed E-state index contributed by atoms with van der Waals surface area (Å²) in [6.07, 6.45) is 3.89. The highest BCUT2D eigenvalue weighted by Gasteiger charge is 2.44. The van der Waals surface area contributed by atoms with Crippen molar-refractivity contribution >= 4 is 11.1 Å². The SMILES string of the molecule is CC1(c2ccc(OCCN3CCCCC3)cc2)Oc2cc(O)ccc2C2=C1c1ccc(O)cc1OC2. The number of likely N-dealkylation sites (tertiary alicyclic amines) is 1. The van der Waals surface area contributed by atoms with Crippen molar-refractivity contribution in [3.63, 3.8) is 0 Å². The first kappa shape index (κ1) is 22.8. The van der Waals surface area contributed by atoms with Crippen molar-refractivity contribution in [2.75, 3.05) is 32.8 Å². The Bertz CT molecular complexity index is 1310. The maximum atomic E-state index is 10.2. The normalized spacial score (nSPS) is 21.0. The van der Waals surface area contributed by atoms with Gasteiger partial charge in [-0.3, -0.25) is 4.90 Å². The van der Waals surface area contributed by atoms with Crippen molar-refractivity contribution in [2.45, 2.75) is 31.8 Å². The first-order valence-corrected chi connectivity index (χ1v) is 12.7. The van der Waals surface area contributed by atoms with Crippen LogP contribution in [0, 0.1) is 0 Å². The Hall–Kier alpha value is -3.64. The summed E-state index contributed by atoms with van der Waals surface area (Å²) in [6, 6.07) is 18.5. The maximum Gasteiger partial charge on any atom is 0.157 e. The van der Waals surface area contributed by atoms with E-state index in [1.165, 1.54) is 19.3 Å². The first-order valence-electron chi connectivity index (χ1n) is 12.7. The fourth-order valence-corrected chi connectivity index (χ4v) is 5.64. The highest BCUT2D eigenvalue weighted by molar-refractivity contribution is 6.01. The zero-order chi connectivity index (χ0) is 24.7. The molecule has 6 rings (SSSR count). The first-order chi connectivity index (χ1) is 17.5. The molecule has 186 valence electrons. The van der Waals surface area contributed by atoms with E-state index in [1.807, 2.05) is 43.3 Å². The van der Waals surface area contributed by atoms with E-state index in [4.69, 9.17) is 14.2 Å². The molecule has 0 aromatic heterocycles. The Morgan fingerprint density at radius 2 is 1.56 bits per heavy atom. The summed E-state index contributed by atoms with van der Waals surface area (Å²) in [5, 5.41) is 20.2. The minimum absolute atomic E-state index is 0.152. The van der Waals surface area contributed by atoms with E-state index in [2.05, 4.69) is 4.90 Å². The van der Waals surface area contributed by atoms with Gasteiger partial charge in [-0.15, -0.1) is 0 Å². The molecule has 0 saturated carbocycles. The molecular weight excluding hydrogens is 454 g/mol. The van der Waals surface area contributed by atoms with Gasteiger partial charge in [-0.25, -0.2) is 0 Å². The van der Waals surface area contributed by atoms with Crippen LogP contribution < -0.4 is 14.2 Å². The van der Waals surface area contributed by atoms with Crippen LogP contribution in [0.5, 0.6) is 28.7 Å². The zero-order valence-corrected chi connectivity index (χ0v) is 20.5. The lowest BCUT2D eigenvalue weighted by atomic mass is 9.76. The number of phenolic OH excluding ortho intramolecular Hbond substituents is 2. The predicted octanol–water partition coefficient (Wildman–Crippen LogP) is 5.57. The molecule has 0 spiro atoms. The van der Waals surface area contributed by atoms with Crippen LogP contribution >= 0.6 is 0 Å². The summed E-state index contributed by atoms with van der Waals surface area (Å²) in [6.45, 7) is 6.33. The summed E-state index contributed by atoms with van der Waals surface area (Å²) in [5.74, 6) is 2.39. The van der Waals surface area contributed by atoms with Crippen molar-refractivity contribution in [3.05, 3.63) is 77.4 Å². The van der Waals surface area contributed by atoms with Crippen LogP contribution in [0.2, 0.25) is 0 Å². The van der Waals surface area contributed by atoms with Crippen molar-refractivity contribution in [2.24, 2.45) is 0 Å². The Labute approximate surface area is 211 Å². The number of benzene rings is 3. The number of hydrogen-bond acceptors (Lipinski definition) is 6. The predicted molar refractivity (Wildman–Crippen MR) is 139 cm³/mol. The third-order valence-electron chi connectivity index (χ3n) is 7.52. The van der Waals surface area contributed by atoms with E-state index in [9.17, 15) is 10.2 Å². The lowest BCUT2D eigenvalue weighted by molar-refractivity contribution is 0.145. The molecule has 3 aliphatic heterocycles. The van der Waals surface area contributed by atoms with E-state index in [1.54, 1.807) is 24.3 Å². The van der Waals surface area contributed by atoms with Crippen molar-refractivity contribution in [1.29, 1.82) is 0 Å². The van der Waals surface area contributed by atoms with E-state index in [0.717, 1.165) is 53.2 Å². The second-order valence-corrected chi connectivity index (χ2v) is 9.91. The van der Waals surface area contributed by atoms with Crippen LogP contribution in [0.3, 0.4) is 0 Å². The average molecular weight is 486 g/mol. The van der Waals surface area contributed by atoms with Gasteiger partial charge in [-0.2, -0.15) is 0 Å². The van der Waals surface area contributed by atoms with Gasteiger partial charge in [0, 0.05) is 41.0 Å². The standard InChI is InChI=1S/C30H31NO5/c1-30(20-5-9-23(10-6-20)34-16-15-31-13-3-2-4-14-31)29-25-12-8-21(32)17-27(25)35-19-26(29)24-11-7-22(33)18-28(24)36-30/h5-12,17-18,32-33H,2-4,13-16,19H2,1H3. The van der Waals surface area contributed by atoms with Crippen LogP contribution in [0.15, 0.2) is 60.7 Å². The molecule has 1 atom stereocenters. The second-order valence-electron chi connectivity index (χ2n) is 9.91. The number of ether oxygens (including phenoxy) is 3. The summed E-state index contributed by atoms with van der Waals surface area (Å²) in [7, 11) is 0. The minimum Gasteiger partial charge on any atom is -0.508 e. The highest BCUT2D eigenvalue weighted by atomic mass is 16.5. The maximum absolute atomic E-state index is 10.2. The summed E-state index contributed by atoms with van der Waals surface area (Å²) in [4.78, 5) is 2.47. The Kier molecular flexibility index (Phi) is 5.76. The van der Waals surface area contributed by atoms with Crippen molar-refractivity contribution in [1.82, 2.24) is 4.90 Å². The molecule has 0 radical (unpaired) electrons. The number of rotatable bonds is 5. The molecule has 36 heavy (non-hydrogen) atoms. The zero-order valence-electron chi connectivity index (χ0n) is 20.5. The van der Waals surface area contributed by atoms with Gasteiger partial charge in [0.15, 0.2) is 5.60 Å². The molecule has 0 aliphatic carbocycles. The van der Waals surface area contributed by atoms with Gasteiger partial charge >= 0.3 is 0 Å². The molecule has 1 saturated heterocycles. The minimum atomic E-state index is -0.835. The largest absolute Gasteiger partial charge is 0.508 e. The van der Waals surface area contributed by atoms with Crippen LogP contribution in [0.1, 0.15) is 42.9 Å². The van der Waals surface area contributed by atoms with Gasteiger partial charge in [0.05, 0.1) is 0 Å². The van der Waals surface area contributed by atoms with E-state index in [-0.39, 0.29) is 11.5 Å². The smallest absolute Gasteiger partial charge is 0.157 e. The lowest BCUT2D eigenvalue weighted by Gasteiger charge is -2.42. The molecule has 0 bridgehead atoms. The van der Waals surface area contributed by atoms with Gasteiger partial charge in [0.2, 0.25) is 0 Å². The fourth-order valence-electron chi connectivity index (χ4n) is 5.64. The topological polar surface area (TPSA) is 71.4 Å². The fraction of sp³-hybridized carbons (Fsp3) is 0.333. The molecule has 6 heteroatoms. The Morgan fingerprint density at radius 3 is 2.31 bits per heavy atom. The van der Waals surface area contributed by atoms with E-state index >= 15 is 0 Å². The van der Waals surface area contributed by atoms with E-state index < -0.39 is 5.60 Å². The van der Waals surface area contributed by atoms with Gasteiger partial charge in [0.1, 0.15) is 42.0 Å². The number of aromatic hydroxyl groups is 2. The van der Waals surface area contributed by atoms with Gasteiger partial charge in [-0.05, 0) is 74.8 Å².